The summed E-state index contributed by atoms with van der Waals surface area (Å²) in [5, 5.41) is 0. The van der Waals surface area contributed by atoms with Crippen molar-refractivity contribution < 1.29 is 9.59 Å². The predicted octanol–water partition coefficient (Wildman–Crippen LogP) is 2.28. The van der Waals surface area contributed by atoms with E-state index >= 15 is 0 Å². The quantitative estimate of drug-likeness (QED) is 0.491. The number of hydrogen-bond acceptors (Lipinski definition) is 2. The fourth-order valence-corrected chi connectivity index (χ4v) is 1.71. The minimum atomic E-state index is 0.184. The first kappa shape index (κ1) is 10.2. The van der Waals surface area contributed by atoms with Crippen LogP contribution in [-0.2, 0) is 9.59 Å². The molecule has 1 aliphatic rings. The average Bonchev–Trinajstić information content (AvgIpc) is 2.09. The first-order valence-corrected chi connectivity index (χ1v) is 4.88. The minimum Gasteiger partial charge on any atom is -0.303 e. The molecule has 0 saturated heterocycles. The lowest BCUT2D eigenvalue weighted by atomic mass is 9.86. The number of rotatable bonds is 4. The molecule has 0 radical (unpaired) electrons. The number of carbonyl (C=O) groups excluding carboxylic acids is 2. The van der Waals surface area contributed by atoms with E-state index in [4.69, 9.17) is 0 Å². The molecule has 0 aliphatic heterocycles. The number of unbranched alkanes of at least 4 members (excludes halogenated alkanes) is 1. The third-order valence-corrected chi connectivity index (χ3v) is 2.55. The standard InChI is InChI=1S/C11H16O2/c1-9-5-6-10(11(13)8-9)4-2-3-7-12/h7-8,10H,2-6H2,1H3/t10-/m1/s1. The summed E-state index contributed by atoms with van der Waals surface area (Å²) in [5.41, 5.74) is 1.19. The lowest BCUT2D eigenvalue weighted by Gasteiger charge is -2.18. The van der Waals surface area contributed by atoms with Gasteiger partial charge in [-0.1, -0.05) is 5.57 Å². The summed E-state index contributed by atoms with van der Waals surface area (Å²) in [6, 6.07) is 0. The summed E-state index contributed by atoms with van der Waals surface area (Å²) < 4.78 is 0. The Kier molecular flexibility index (Phi) is 3.87. The molecule has 0 aromatic heterocycles. The average molecular weight is 180 g/mol. The van der Waals surface area contributed by atoms with Crippen LogP contribution in [0.5, 0.6) is 0 Å². The molecular formula is C11H16O2. The summed E-state index contributed by atoms with van der Waals surface area (Å²) in [4.78, 5) is 21.5. The van der Waals surface area contributed by atoms with Gasteiger partial charge in [0.05, 0.1) is 0 Å². The van der Waals surface area contributed by atoms with Gasteiger partial charge in [0.2, 0.25) is 0 Å². The van der Waals surface area contributed by atoms with Gasteiger partial charge in [-0.3, -0.25) is 4.79 Å². The summed E-state index contributed by atoms with van der Waals surface area (Å²) in [7, 11) is 0. The molecule has 13 heavy (non-hydrogen) atoms. The first-order valence-electron chi connectivity index (χ1n) is 4.88. The van der Waals surface area contributed by atoms with Crippen LogP contribution < -0.4 is 0 Å². The van der Waals surface area contributed by atoms with Gasteiger partial charge >= 0.3 is 0 Å². The Morgan fingerprint density at radius 2 is 2.38 bits per heavy atom. The number of hydrogen-bond donors (Lipinski definition) is 0. The van der Waals surface area contributed by atoms with E-state index in [0.717, 1.165) is 32.0 Å². The number of ketones is 1. The second-order valence-corrected chi connectivity index (χ2v) is 3.73. The Bertz CT molecular complexity index is 228. The van der Waals surface area contributed by atoms with Gasteiger partial charge in [-0.05, 0) is 38.7 Å². The highest BCUT2D eigenvalue weighted by Crippen LogP contribution is 2.24. The second kappa shape index (κ2) is 4.95. The molecular weight excluding hydrogens is 164 g/mol. The fourth-order valence-electron chi connectivity index (χ4n) is 1.71. The predicted molar refractivity (Wildman–Crippen MR) is 51.4 cm³/mol. The molecule has 0 fully saturated rings. The Labute approximate surface area is 79.0 Å². The van der Waals surface area contributed by atoms with E-state index in [1.54, 1.807) is 6.08 Å². The van der Waals surface area contributed by atoms with Crippen LogP contribution in [0.25, 0.3) is 0 Å². The van der Waals surface area contributed by atoms with Crippen molar-refractivity contribution in [3.8, 4) is 0 Å². The van der Waals surface area contributed by atoms with Crippen molar-refractivity contribution in [2.45, 2.75) is 39.0 Å². The monoisotopic (exact) mass is 180 g/mol. The molecule has 0 N–H and O–H groups in total. The lowest BCUT2D eigenvalue weighted by Crippen LogP contribution is -2.16. The van der Waals surface area contributed by atoms with Gasteiger partial charge in [0.1, 0.15) is 6.29 Å². The smallest absolute Gasteiger partial charge is 0.158 e. The zero-order chi connectivity index (χ0) is 9.68. The Hall–Kier alpha value is -0.920. The highest BCUT2D eigenvalue weighted by molar-refractivity contribution is 5.93. The van der Waals surface area contributed by atoms with E-state index < -0.39 is 0 Å². The topological polar surface area (TPSA) is 34.1 Å². The molecule has 0 saturated carbocycles. The van der Waals surface area contributed by atoms with Crippen molar-refractivity contribution in [1.29, 1.82) is 0 Å². The maximum atomic E-state index is 11.4. The third-order valence-electron chi connectivity index (χ3n) is 2.55. The Balaban J connectivity index is 2.36. The molecule has 1 atom stereocenters. The Morgan fingerprint density at radius 1 is 1.62 bits per heavy atom. The zero-order valence-corrected chi connectivity index (χ0v) is 8.08. The summed E-state index contributed by atoms with van der Waals surface area (Å²) in [6.45, 7) is 2.00. The molecule has 0 bridgehead atoms. The normalized spacial score (nSPS) is 22.7. The maximum absolute atomic E-state index is 11.4. The van der Waals surface area contributed by atoms with E-state index in [-0.39, 0.29) is 11.7 Å². The molecule has 2 heteroatoms. The maximum Gasteiger partial charge on any atom is 0.158 e. The second-order valence-electron chi connectivity index (χ2n) is 3.73. The third kappa shape index (κ3) is 3.13. The number of aldehydes is 1. The minimum absolute atomic E-state index is 0.184. The lowest BCUT2D eigenvalue weighted by molar-refractivity contribution is -0.119. The van der Waals surface area contributed by atoms with Crippen molar-refractivity contribution in [3.63, 3.8) is 0 Å². The van der Waals surface area contributed by atoms with E-state index in [0.29, 0.717) is 6.42 Å². The highest BCUT2D eigenvalue weighted by Gasteiger charge is 2.19. The molecule has 2 nitrogen and oxygen atoms in total. The molecule has 0 aromatic carbocycles. The van der Waals surface area contributed by atoms with Crippen LogP contribution in [-0.4, -0.2) is 12.1 Å². The van der Waals surface area contributed by atoms with Crippen molar-refractivity contribution in [1.82, 2.24) is 0 Å². The number of allylic oxidation sites excluding steroid dienone is 2. The molecule has 0 amide bonds. The molecule has 0 aromatic rings. The Morgan fingerprint density at radius 3 is 3.00 bits per heavy atom. The van der Waals surface area contributed by atoms with Crippen LogP contribution in [0.1, 0.15) is 39.0 Å². The van der Waals surface area contributed by atoms with Crippen molar-refractivity contribution in [2.75, 3.05) is 0 Å². The molecule has 1 aliphatic carbocycles. The van der Waals surface area contributed by atoms with Gasteiger partial charge in [-0.15, -0.1) is 0 Å². The van der Waals surface area contributed by atoms with Gasteiger partial charge in [0.15, 0.2) is 5.78 Å². The SMILES string of the molecule is CC1=CC(=O)[C@H](CCCC=O)CC1. The van der Waals surface area contributed by atoms with E-state index in [2.05, 4.69) is 0 Å². The van der Waals surface area contributed by atoms with Crippen LogP contribution in [0.3, 0.4) is 0 Å². The van der Waals surface area contributed by atoms with Crippen LogP contribution in [0.2, 0.25) is 0 Å². The van der Waals surface area contributed by atoms with Crippen LogP contribution >= 0.6 is 0 Å². The van der Waals surface area contributed by atoms with Gasteiger partial charge in [-0.25, -0.2) is 0 Å². The van der Waals surface area contributed by atoms with Crippen LogP contribution in [0.4, 0.5) is 0 Å². The van der Waals surface area contributed by atoms with Crippen molar-refractivity contribution in [3.05, 3.63) is 11.6 Å². The van der Waals surface area contributed by atoms with Gasteiger partial charge in [-0.2, -0.15) is 0 Å². The molecule has 0 heterocycles. The fraction of sp³-hybridized carbons (Fsp3) is 0.636. The molecule has 1 rings (SSSR count). The highest BCUT2D eigenvalue weighted by atomic mass is 16.1. The first-order chi connectivity index (χ1) is 6.24. The molecule has 0 unspecified atom stereocenters. The van der Waals surface area contributed by atoms with Crippen molar-refractivity contribution >= 4 is 12.1 Å². The summed E-state index contributed by atoms with van der Waals surface area (Å²) >= 11 is 0. The van der Waals surface area contributed by atoms with Crippen LogP contribution in [0, 0.1) is 5.92 Å². The zero-order valence-electron chi connectivity index (χ0n) is 8.08. The largest absolute Gasteiger partial charge is 0.303 e. The summed E-state index contributed by atoms with van der Waals surface area (Å²) in [5.74, 6) is 0.443. The summed E-state index contributed by atoms with van der Waals surface area (Å²) in [6.07, 6.45) is 7.02. The van der Waals surface area contributed by atoms with E-state index in [9.17, 15) is 9.59 Å². The molecule has 72 valence electrons. The van der Waals surface area contributed by atoms with E-state index in [1.165, 1.54) is 5.57 Å². The van der Waals surface area contributed by atoms with Gasteiger partial charge in [0.25, 0.3) is 0 Å². The van der Waals surface area contributed by atoms with Crippen LogP contribution in [0.15, 0.2) is 11.6 Å². The van der Waals surface area contributed by atoms with Gasteiger partial charge in [0, 0.05) is 12.3 Å². The molecule has 0 spiro atoms. The van der Waals surface area contributed by atoms with Gasteiger partial charge < -0.3 is 4.79 Å². The number of carbonyl (C=O) groups is 2. The van der Waals surface area contributed by atoms with Crippen molar-refractivity contribution in [2.24, 2.45) is 5.92 Å². The van der Waals surface area contributed by atoms with E-state index in [1.807, 2.05) is 6.92 Å².